The number of rotatable bonds is 5. The lowest BCUT2D eigenvalue weighted by atomic mass is 10.0. The minimum absolute atomic E-state index is 0.0704. The van der Waals surface area contributed by atoms with Gasteiger partial charge in [-0.1, -0.05) is 11.6 Å². The third-order valence-electron chi connectivity index (χ3n) is 6.48. The zero-order chi connectivity index (χ0) is 23.4. The Hall–Kier alpha value is -3.64. The number of benzene rings is 1. The number of hydrogen-bond acceptors (Lipinski definition) is 7. The summed E-state index contributed by atoms with van der Waals surface area (Å²) < 4.78 is 1.54. The summed E-state index contributed by atoms with van der Waals surface area (Å²) in [6.45, 7) is 3.59. The van der Waals surface area contributed by atoms with Gasteiger partial charge >= 0.3 is 5.97 Å². The van der Waals surface area contributed by atoms with Crippen molar-refractivity contribution in [3.05, 3.63) is 56.6 Å². The van der Waals surface area contributed by atoms with E-state index in [1.165, 1.54) is 12.5 Å². The fourth-order valence-electron chi connectivity index (χ4n) is 4.66. The van der Waals surface area contributed by atoms with Crippen molar-refractivity contribution in [2.24, 2.45) is 18.9 Å². The molecule has 0 spiro atoms. The summed E-state index contributed by atoms with van der Waals surface area (Å²) >= 11 is 5.87. The standard InChI is InChI=1S/C23H21ClN6O3/c1-11(26-17-3-4-18(24)27-20(17)22(32)33)15-5-12(8-25)6-16-19(15)28-23(29(2)21(16)31)30-9-13-7-14(13)10-30/h3-6,11,13-14,26H,7,9-10H2,1-2H3,(H,32,33)/t11-,13?,14?/m1/s1. The molecule has 1 aliphatic carbocycles. The Morgan fingerprint density at radius 3 is 2.70 bits per heavy atom. The molecule has 33 heavy (non-hydrogen) atoms. The van der Waals surface area contributed by atoms with Gasteiger partial charge < -0.3 is 15.3 Å². The smallest absolute Gasteiger partial charge is 0.356 e. The van der Waals surface area contributed by atoms with E-state index in [0.717, 1.165) is 13.1 Å². The second-order valence-electron chi connectivity index (χ2n) is 8.71. The summed E-state index contributed by atoms with van der Waals surface area (Å²) in [5.74, 6) is 0.734. The number of nitrogens with one attached hydrogen (secondary N) is 1. The number of piperidine rings is 1. The Morgan fingerprint density at radius 2 is 2.03 bits per heavy atom. The van der Waals surface area contributed by atoms with Gasteiger partial charge in [0.2, 0.25) is 5.95 Å². The fourth-order valence-corrected chi connectivity index (χ4v) is 4.80. The molecule has 3 heterocycles. The molecule has 1 saturated carbocycles. The zero-order valence-electron chi connectivity index (χ0n) is 18.0. The number of fused-ring (bicyclic) bond motifs is 2. The first-order chi connectivity index (χ1) is 15.8. The summed E-state index contributed by atoms with van der Waals surface area (Å²) in [6.07, 6.45) is 1.23. The minimum atomic E-state index is -1.22. The second kappa shape index (κ2) is 7.74. The highest BCUT2D eigenvalue weighted by Crippen LogP contribution is 2.46. The lowest BCUT2D eigenvalue weighted by Gasteiger charge is -2.24. The van der Waals surface area contributed by atoms with Crippen molar-refractivity contribution in [3.63, 3.8) is 0 Å². The van der Waals surface area contributed by atoms with Crippen molar-refractivity contribution in [3.8, 4) is 6.07 Å². The molecule has 2 unspecified atom stereocenters. The zero-order valence-corrected chi connectivity index (χ0v) is 18.8. The maximum Gasteiger partial charge on any atom is 0.356 e. The van der Waals surface area contributed by atoms with Gasteiger partial charge in [-0.15, -0.1) is 0 Å². The normalized spacial score (nSPS) is 19.8. The van der Waals surface area contributed by atoms with Crippen LogP contribution in [0.4, 0.5) is 11.6 Å². The van der Waals surface area contributed by atoms with Crippen molar-refractivity contribution in [2.75, 3.05) is 23.3 Å². The van der Waals surface area contributed by atoms with E-state index in [2.05, 4.69) is 21.3 Å². The van der Waals surface area contributed by atoms with Crippen molar-refractivity contribution in [2.45, 2.75) is 19.4 Å². The molecule has 9 nitrogen and oxygen atoms in total. The Bertz CT molecular complexity index is 1400. The van der Waals surface area contributed by atoms with Crippen LogP contribution < -0.4 is 15.8 Å². The van der Waals surface area contributed by atoms with Crippen LogP contribution in [0.25, 0.3) is 10.9 Å². The molecule has 3 aromatic rings. The van der Waals surface area contributed by atoms with Gasteiger partial charge in [0.1, 0.15) is 5.15 Å². The highest BCUT2D eigenvalue weighted by atomic mass is 35.5. The van der Waals surface area contributed by atoms with E-state index in [-0.39, 0.29) is 22.1 Å². The number of anilines is 2. The molecular formula is C23H21ClN6O3. The van der Waals surface area contributed by atoms with Gasteiger partial charge in [-0.25, -0.2) is 14.8 Å². The van der Waals surface area contributed by atoms with Crippen LogP contribution >= 0.6 is 11.6 Å². The number of nitrogens with zero attached hydrogens (tertiary/aromatic N) is 5. The van der Waals surface area contributed by atoms with Gasteiger partial charge in [-0.05, 0) is 49.4 Å². The average Bonchev–Trinajstić information content (AvgIpc) is 3.41. The lowest BCUT2D eigenvalue weighted by Crippen LogP contribution is -2.31. The van der Waals surface area contributed by atoms with E-state index in [1.807, 2.05) is 6.92 Å². The first-order valence-corrected chi connectivity index (χ1v) is 11.0. The summed E-state index contributed by atoms with van der Waals surface area (Å²) in [4.78, 5) is 35.8. The Balaban J connectivity index is 1.62. The van der Waals surface area contributed by atoms with E-state index >= 15 is 0 Å². The van der Waals surface area contributed by atoms with Gasteiger partial charge in [0.15, 0.2) is 5.69 Å². The van der Waals surface area contributed by atoms with E-state index in [9.17, 15) is 20.0 Å². The first-order valence-electron chi connectivity index (χ1n) is 10.6. The second-order valence-corrected chi connectivity index (χ2v) is 9.10. The molecule has 2 aromatic heterocycles. The molecule has 2 N–H and O–H groups in total. The topological polar surface area (TPSA) is 124 Å². The monoisotopic (exact) mass is 464 g/mol. The number of aromatic nitrogens is 3. The molecule has 2 fully saturated rings. The number of carbonyl (C=O) groups is 1. The molecule has 1 aromatic carbocycles. The molecule has 168 valence electrons. The summed E-state index contributed by atoms with van der Waals surface area (Å²) in [5.41, 5.74) is 1.29. The number of hydrogen-bond donors (Lipinski definition) is 2. The van der Waals surface area contributed by atoms with Crippen molar-refractivity contribution >= 4 is 40.1 Å². The van der Waals surface area contributed by atoms with Gasteiger partial charge in [0.05, 0.1) is 34.3 Å². The van der Waals surface area contributed by atoms with Crippen LogP contribution in [0.3, 0.4) is 0 Å². The number of pyridine rings is 1. The van der Waals surface area contributed by atoms with Crippen LogP contribution in [0.2, 0.25) is 5.15 Å². The number of carboxylic acids is 1. The van der Waals surface area contributed by atoms with E-state index in [1.54, 1.807) is 29.8 Å². The van der Waals surface area contributed by atoms with Crippen LogP contribution in [-0.4, -0.2) is 38.7 Å². The third kappa shape index (κ3) is 3.66. The molecule has 3 atom stereocenters. The Labute approximate surface area is 194 Å². The van der Waals surface area contributed by atoms with Crippen LogP contribution in [0.15, 0.2) is 29.1 Å². The summed E-state index contributed by atoms with van der Waals surface area (Å²) in [6, 6.07) is 7.91. The van der Waals surface area contributed by atoms with Gasteiger partial charge in [0, 0.05) is 25.7 Å². The first kappa shape index (κ1) is 21.2. The molecule has 2 aliphatic rings. The number of aromatic carboxylic acids is 1. The van der Waals surface area contributed by atoms with Gasteiger partial charge in [0.25, 0.3) is 5.56 Å². The van der Waals surface area contributed by atoms with Crippen LogP contribution in [0.5, 0.6) is 0 Å². The van der Waals surface area contributed by atoms with Crippen molar-refractivity contribution in [1.82, 2.24) is 14.5 Å². The molecular weight excluding hydrogens is 444 g/mol. The molecule has 1 saturated heterocycles. The Morgan fingerprint density at radius 1 is 1.30 bits per heavy atom. The maximum absolute atomic E-state index is 13.2. The quantitative estimate of drug-likeness (QED) is 0.551. The number of halogens is 1. The maximum atomic E-state index is 13.2. The lowest BCUT2D eigenvalue weighted by molar-refractivity contribution is 0.0691. The predicted molar refractivity (Wildman–Crippen MR) is 124 cm³/mol. The van der Waals surface area contributed by atoms with Crippen molar-refractivity contribution in [1.29, 1.82) is 5.26 Å². The SMILES string of the molecule is C[C@@H](Nc1ccc(Cl)nc1C(=O)O)c1cc(C#N)cc2c(=O)n(C)c(N3CC4CC4C3)nc12. The largest absolute Gasteiger partial charge is 0.476 e. The summed E-state index contributed by atoms with van der Waals surface area (Å²) in [5, 5.41) is 22.6. The highest BCUT2D eigenvalue weighted by molar-refractivity contribution is 6.29. The third-order valence-corrected chi connectivity index (χ3v) is 6.69. The molecule has 0 radical (unpaired) electrons. The van der Waals surface area contributed by atoms with Gasteiger partial charge in [-0.2, -0.15) is 5.26 Å². The Kier molecular flexibility index (Phi) is 4.98. The molecule has 10 heteroatoms. The number of nitriles is 1. The van der Waals surface area contributed by atoms with E-state index in [4.69, 9.17) is 16.6 Å². The van der Waals surface area contributed by atoms with Crippen LogP contribution in [0.1, 0.15) is 41.0 Å². The molecule has 1 aliphatic heterocycles. The van der Waals surface area contributed by atoms with E-state index < -0.39 is 12.0 Å². The molecule has 0 bridgehead atoms. The van der Waals surface area contributed by atoms with Crippen LogP contribution in [0, 0.1) is 23.2 Å². The minimum Gasteiger partial charge on any atom is -0.476 e. The average molecular weight is 465 g/mol. The van der Waals surface area contributed by atoms with Gasteiger partial charge in [-0.3, -0.25) is 9.36 Å². The molecule has 0 amide bonds. The highest BCUT2D eigenvalue weighted by Gasteiger charge is 2.46. The van der Waals surface area contributed by atoms with E-state index in [0.29, 0.717) is 39.8 Å². The molecule has 5 rings (SSSR count). The predicted octanol–water partition coefficient (Wildman–Crippen LogP) is 3.18. The van der Waals surface area contributed by atoms with Crippen LogP contribution in [-0.2, 0) is 7.05 Å². The van der Waals surface area contributed by atoms with Crippen molar-refractivity contribution < 1.29 is 9.90 Å². The summed E-state index contributed by atoms with van der Waals surface area (Å²) in [7, 11) is 1.70. The number of carboxylic acid groups (broad SMARTS) is 1. The fraction of sp³-hybridized carbons (Fsp3) is 0.348.